The summed E-state index contributed by atoms with van der Waals surface area (Å²) >= 11 is 0. The van der Waals surface area contributed by atoms with Gasteiger partial charge in [-0.3, -0.25) is 14.9 Å². The van der Waals surface area contributed by atoms with Crippen molar-refractivity contribution in [3.05, 3.63) is 106 Å². The molecule has 5 rings (SSSR count). The van der Waals surface area contributed by atoms with E-state index in [4.69, 9.17) is 0 Å². The lowest BCUT2D eigenvalue weighted by atomic mass is 9.98. The molecule has 0 radical (unpaired) electrons. The molecule has 3 N–H and O–H groups in total. The Morgan fingerprint density at radius 1 is 1.00 bits per heavy atom. The summed E-state index contributed by atoms with van der Waals surface area (Å²) in [6, 6.07) is 15.3. The summed E-state index contributed by atoms with van der Waals surface area (Å²) in [6.45, 7) is 0. The first-order chi connectivity index (χ1) is 17.2. The van der Waals surface area contributed by atoms with E-state index in [9.17, 15) is 28.1 Å². The van der Waals surface area contributed by atoms with Gasteiger partial charge in [0.15, 0.2) is 0 Å². The van der Waals surface area contributed by atoms with Gasteiger partial charge >= 0.3 is 6.18 Å². The van der Waals surface area contributed by atoms with Gasteiger partial charge in [-0.2, -0.15) is 13.2 Å². The number of benzene rings is 3. The monoisotopic (exact) mass is 491 g/mol. The van der Waals surface area contributed by atoms with Crippen molar-refractivity contribution in [2.75, 3.05) is 10.6 Å². The zero-order chi connectivity index (χ0) is 25.4. The van der Waals surface area contributed by atoms with Crippen LogP contribution in [0.25, 0.3) is 22.5 Å². The molecule has 0 atom stereocenters. The van der Waals surface area contributed by atoms with Crippen molar-refractivity contribution in [1.82, 2.24) is 9.97 Å². The van der Waals surface area contributed by atoms with E-state index in [0.717, 1.165) is 23.4 Å². The number of aromatic amines is 1. The number of non-ortho nitro benzene ring substituents is 1. The quantitative estimate of drug-likeness (QED) is 0.182. The summed E-state index contributed by atoms with van der Waals surface area (Å²) in [5.41, 5.74) is 2.23. The number of hydrogen-bond donors (Lipinski definition) is 3. The predicted molar refractivity (Wildman–Crippen MR) is 128 cm³/mol. The van der Waals surface area contributed by atoms with Crippen LogP contribution in [0.5, 0.6) is 0 Å². The van der Waals surface area contributed by atoms with Gasteiger partial charge in [0.1, 0.15) is 0 Å². The van der Waals surface area contributed by atoms with Crippen LogP contribution < -0.4 is 10.6 Å². The molecule has 11 heteroatoms. The van der Waals surface area contributed by atoms with E-state index >= 15 is 0 Å². The van der Waals surface area contributed by atoms with Crippen molar-refractivity contribution in [2.45, 2.75) is 6.18 Å². The number of alkyl halides is 3. The van der Waals surface area contributed by atoms with Crippen LogP contribution in [0.4, 0.5) is 30.2 Å². The lowest BCUT2D eigenvalue weighted by Gasteiger charge is -2.16. The third-order valence-electron chi connectivity index (χ3n) is 5.66. The lowest BCUT2D eigenvalue weighted by molar-refractivity contribution is -0.384. The number of nitro groups is 1. The fraction of sp³-hybridized carbons (Fsp3) is 0.0400. The van der Waals surface area contributed by atoms with E-state index in [1.54, 1.807) is 36.8 Å². The van der Waals surface area contributed by atoms with E-state index in [-0.39, 0.29) is 22.5 Å². The number of fused-ring (bicyclic) bond motifs is 1. The molecule has 3 aromatic carbocycles. The Kier molecular flexibility index (Phi) is 5.51. The highest BCUT2D eigenvalue weighted by Gasteiger charge is 2.32. The van der Waals surface area contributed by atoms with Crippen LogP contribution >= 0.6 is 0 Å². The molecule has 1 amide bonds. The molecule has 1 aromatic heterocycles. The molecule has 0 bridgehead atoms. The Labute approximate surface area is 201 Å². The second-order valence-electron chi connectivity index (χ2n) is 7.92. The smallest absolute Gasteiger partial charge is 0.354 e. The van der Waals surface area contributed by atoms with Gasteiger partial charge in [-0.25, -0.2) is 4.98 Å². The largest absolute Gasteiger partial charge is 0.416 e. The van der Waals surface area contributed by atoms with Gasteiger partial charge in [-0.1, -0.05) is 24.3 Å². The Hall–Kier alpha value is -4.93. The number of anilines is 2. The third-order valence-corrected chi connectivity index (χ3v) is 5.66. The Balaban J connectivity index is 1.63. The Morgan fingerprint density at radius 2 is 1.72 bits per heavy atom. The fourth-order valence-corrected chi connectivity index (χ4v) is 3.91. The summed E-state index contributed by atoms with van der Waals surface area (Å²) in [6.07, 6.45) is -1.26. The van der Waals surface area contributed by atoms with Crippen LogP contribution in [0.3, 0.4) is 0 Å². The summed E-state index contributed by atoms with van der Waals surface area (Å²) in [7, 11) is 0. The first kappa shape index (κ1) is 22.8. The second kappa shape index (κ2) is 8.69. The van der Waals surface area contributed by atoms with E-state index < -0.39 is 22.6 Å². The van der Waals surface area contributed by atoms with E-state index in [0.29, 0.717) is 16.9 Å². The SMILES string of the molecule is O=C1Nc2ccc([N+](=O)[O-])cc2C1=C(Nc1ccc(-c2c[nH]cn2)cc1)c1ccc(C(F)(F)F)cc1. The Bertz CT molecular complexity index is 1490. The topological polar surface area (TPSA) is 113 Å². The van der Waals surface area contributed by atoms with E-state index in [2.05, 4.69) is 20.6 Å². The van der Waals surface area contributed by atoms with Crippen molar-refractivity contribution < 1.29 is 22.9 Å². The van der Waals surface area contributed by atoms with Crippen LogP contribution in [0.15, 0.2) is 79.3 Å². The van der Waals surface area contributed by atoms with Gasteiger partial charge in [-0.15, -0.1) is 0 Å². The van der Waals surface area contributed by atoms with Gasteiger partial charge in [0.05, 0.1) is 33.8 Å². The number of nitrogens with zero attached hydrogens (tertiary/aromatic N) is 2. The maximum Gasteiger partial charge on any atom is 0.416 e. The van der Waals surface area contributed by atoms with Crippen LogP contribution in [-0.4, -0.2) is 20.8 Å². The molecular weight excluding hydrogens is 475 g/mol. The standard InChI is InChI=1S/C25H16F3N5O3/c26-25(27,28)16-5-1-15(2-6-16)23(31-17-7-3-14(4-8-17)21-12-29-13-30-21)22-19-11-18(33(35)36)9-10-20(19)32-24(22)34/h1-13,31H,(H,29,30)(H,32,34). The molecule has 0 spiro atoms. The molecule has 4 aromatic rings. The molecule has 0 fully saturated rings. The number of nitro benzene ring substituents is 1. The van der Waals surface area contributed by atoms with Gasteiger partial charge < -0.3 is 15.6 Å². The number of carbonyl (C=O) groups excluding carboxylic acids is 1. The second-order valence-corrected chi connectivity index (χ2v) is 7.92. The summed E-state index contributed by atoms with van der Waals surface area (Å²) in [5, 5.41) is 17.1. The number of rotatable bonds is 5. The zero-order valence-corrected chi connectivity index (χ0v) is 18.3. The van der Waals surface area contributed by atoms with Gasteiger partial charge in [0.25, 0.3) is 11.6 Å². The molecule has 0 saturated carbocycles. The zero-order valence-electron chi connectivity index (χ0n) is 18.3. The number of imidazole rings is 1. The number of H-pyrrole nitrogens is 1. The number of hydrogen-bond acceptors (Lipinski definition) is 5. The van der Waals surface area contributed by atoms with Crippen molar-refractivity contribution >= 4 is 34.2 Å². The molecule has 8 nitrogen and oxygen atoms in total. The maximum absolute atomic E-state index is 13.1. The highest BCUT2D eigenvalue weighted by molar-refractivity contribution is 6.37. The number of nitrogens with one attached hydrogen (secondary N) is 3. The first-order valence-corrected chi connectivity index (χ1v) is 10.6. The number of amides is 1. The fourth-order valence-electron chi connectivity index (χ4n) is 3.91. The molecule has 180 valence electrons. The molecular formula is C25H16F3N5O3. The third kappa shape index (κ3) is 4.29. The van der Waals surface area contributed by atoms with Crippen LogP contribution in [0.2, 0.25) is 0 Å². The highest BCUT2D eigenvalue weighted by atomic mass is 19.4. The average molecular weight is 491 g/mol. The van der Waals surface area contributed by atoms with Crippen molar-refractivity contribution in [2.24, 2.45) is 0 Å². The molecule has 1 aliphatic rings. The predicted octanol–water partition coefficient (Wildman–Crippen LogP) is 5.94. The normalized spacial score (nSPS) is 14.2. The first-order valence-electron chi connectivity index (χ1n) is 10.6. The summed E-state index contributed by atoms with van der Waals surface area (Å²) in [5.74, 6) is -0.541. The van der Waals surface area contributed by atoms with Gasteiger partial charge in [0.2, 0.25) is 0 Å². The van der Waals surface area contributed by atoms with Gasteiger partial charge in [-0.05, 0) is 35.9 Å². The van der Waals surface area contributed by atoms with Crippen LogP contribution in [0.1, 0.15) is 16.7 Å². The average Bonchev–Trinajstić information content (AvgIpc) is 3.50. The highest BCUT2D eigenvalue weighted by Crippen LogP contribution is 2.40. The molecule has 0 saturated heterocycles. The summed E-state index contributed by atoms with van der Waals surface area (Å²) < 4.78 is 39.4. The minimum atomic E-state index is -4.53. The number of carbonyl (C=O) groups is 1. The number of aromatic nitrogens is 2. The minimum absolute atomic E-state index is 0.0739. The van der Waals surface area contributed by atoms with Crippen molar-refractivity contribution in [1.29, 1.82) is 0 Å². The van der Waals surface area contributed by atoms with Crippen LogP contribution in [-0.2, 0) is 11.0 Å². The Morgan fingerprint density at radius 3 is 2.33 bits per heavy atom. The minimum Gasteiger partial charge on any atom is -0.354 e. The molecule has 1 aliphatic heterocycles. The van der Waals surface area contributed by atoms with E-state index in [1.807, 2.05) is 0 Å². The number of halogens is 3. The molecule has 2 heterocycles. The lowest BCUT2D eigenvalue weighted by Crippen LogP contribution is -2.11. The van der Waals surface area contributed by atoms with Crippen molar-refractivity contribution in [3.8, 4) is 11.3 Å². The molecule has 36 heavy (non-hydrogen) atoms. The van der Waals surface area contributed by atoms with Crippen LogP contribution in [0, 0.1) is 10.1 Å². The molecule has 0 unspecified atom stereocenters. The molecule has 0 aliphatic carbocycles. The van der Waals surface area contributed by atoms with Gasteiger partial charge in [0, 0.05) is 40.8 Å². The van der Waals surface area contributed by atoms with E-state index in [1.165, 1.54) is 30.3 Å². The maximum atomic E-state index is 13.1. The summed E-state index contributed by atoms with van der Waals surface area (Å²) in [4.78, 5) is 30.8. The van der Waals surface area contributed by atoms with Crippen molar-refractivity contribution in [3.63, 3.8) is 0 Å².